The maximum atomic E-state index is 13.6. The molecule has 0 amide bonds. The minimum absolute atomic E-state index is 0.00965. The summed E-state index contributed by atoms with van der Waals surface area (Å²) < 4.78 is 21.2. The van der Waals surface area contributed by atoms with Crippen LogP contribution in [0.25, 0.3) is 11.3 Å². The third kappa shape index (κ3) is 2.72. The summed E-state index contributed by atoms with van der Waals surface area (Å²) in [4.78, 5) is 12.2. The Morgan fingerprint density at radius 1 is 1.17 bits per heavy atom. The number of amidine groups is 1. The number of rotatable bonds is 2. The number of ether oxygens (including phenoxy) is 1. The summed E-state index contributed by atoms with van der Waals surface area (Å²) in [5.74, 6) is 1.88. The van der Waals surface area contributed by atoms with Gasteiger partial charge in [0.25, 0.3) is 0 Å². The Labute approximate surface area is 174 Å². The second-order valence-corrected chi connectivity index (χ2v) is 8.71. The van der Waals surface area contributed by atoms with Crippen molar-refractivity contribution >= 4 is 5.84 Å². The van der Waals surface area contributed by atoms with E-state index in [1.807, 2.05) is 18.2 Å². The molecule has 6 nitrogen and oxygen atoms in total. The number of allylic oxidation sites excluding steroid dienone is 4. The van der Waals surface area contributed by atoms with Gasteiger partial charge in [-0.05, 0) is 42.8 Å². The van der Waals surface area contributed by atoms with E-state index in [1.54, 1.807) is 18.2 Å². The molecule has 1 aliphatic carbocycles. The van der Waals surface area contributed by atoms with Crippen LogP contribution >= 0.6 is 0 Å². The molecule has 4 aliphatic rings. The molecule has 2 fully saturated rings. The van der Waals surface area contributed by atoms with Gasteiger partial charge < -0.3 is 19.3 Å². The van der Waals surface area contributed by atoms with Gasteiger partial charge in [0.05, 0.1) is 36.6 Å². The number of imidazole rings is 1. The molecule has 3 aliphatic heterocycles. The van der Waals surface area contributed by atoms with E-state index >= 15 is 0 Å². The third-order valence-corrected chi connectivity index (χ3v) is 6.49. The lowest BCUT2D eigenvalue weighted by Gasteiger charge is -2.56. The number of fused-ring (bicyclic) bond motifs is 1. The molecule has 0 saturated carbocycles. The molecule has 0 radical (unpaired) electrons. The lowest BCUT2D eigenvalue weighted by molar-refractivity contribution is -0.171. The van der Waals surface area contributed by atoms with Crippen molar-refractivity contribution < 1.29 is 14.2 Å². The summed E-state index contributed by atoms with van der Waals surface area (Å²) in [6, 6.07) is 7.23. The molecule has 1 aromatic carbocycles. The zero-order valence-electron chi connectivity index (χ0n) is 16.6. The predicted octanol–water partition coefficient (Wildman–Crippen LogP) is 3.25. The summed E-state index contributed by atoms with van der Waals surface area (Å²) in [6.07, 6.45) is 5.63. The van der Waals surface area contributed by atoms with Gasteiger partial charge >= 0.3 is 0 Å². The van der Waals surface area contributed by atoms with Gasteiger partial charge in [0, 0.05) is 31.1 Å². The molecule has 7 heteroatoms. The van der Waals surface area contributed by atoms with E-state index in [1.165, 1.54) is 6.08 Å². The number of nitrogens with zero attached hydrogens (tertiary/aromatic N) is 4. The summed E-state index contributed by atoms with van der Waals surface area (Å²) in [5, 5.41) is 9.75. The average Bonchev–Trinajstić information content (AvgIpc) is 3.07. The molecule has 1 spiro atoms. The quantitative estimate of drug-likeness (QED) is 0.832. The fourth-order valence-corrected chi connectivity index (χ4v) is 4.89. The Morgan fingerprint density at radius 2 is 1.97 bits per heavy atom. The van der Waals surface area contributed by atoms with E-state index in [2.05, 4.69) is 9.47 Å². The van der Waals surface area contributed by atoms with E-state index in [0.29, 0.717) is 18.4 Å². The molecular formula is C23H23FN4O2. The first kappa shape index (κ1) is 17.9. The van der Waals surface area contributed by atoms with Gasteiger partial charge in [0.2, 0.25) is 0 Å². The zero-order chi connectivity index (χ0) is 20.3. The van der Waals surface area contributed by atoms with Crippen LogP contribution in [0.3, 0.4) is 0 Å². The molecule has 6 rings (SSSR count). The Bertz CT molecular complexity index is 1090. The number of likely N-dealkylation sites (tertiary alicyclic amines) is 1. The van der Waals surface area contributed by atoms with Crippen molar-refractivity contribution in [3.63, 3.8) is 0 Å². The number of benzene rings is 1. The topological polar surface area (TPSA) is 62.9 Å². The first-order valence-corrected chi connectivity index (χ1v) is 10.4. The predicted molar refractivity (Wildman–Crippen MR) is 111 cm³/mol. The van der Waals surface area contributed by atoms with E-state index in [9.17, 15) is 9.50 Å². The summed E-state index contributed by atoms with van der Waals surface area (Å²) in [6.45, 7) is 5.04. The van der Waals surface area contributed by atoms with Crippen LogP contribution in [-0.4, -0.2) is 58.2 Å². The average molecular weight is 406 g/mol. The van der Waals surface area contributed by atoms with E-state index < -0.39 is 0 Å². The summed E-state index contributed by atoms with van der Waals surface area (Å²) in [5.41, 5.74) is 3.27. The van der Waals surface area contributed by atoms with Crippen molar-refractivity contribution in [2.24, 2.45) is 10.4 Å². The maximum absolute atomic E-state index is 13.6. The highest BCUT2D eigenvalue weighted by molar-refractivity contribution is 5.98. The van der Waals surface area contributed by atoms with E-state index in [4.69, 9.17) is 14.7 Å². The van der Waals surface area contributed by atoms with Crippen LogP contribution in [0.15, 0.2) is 53.3 Å². The van der Waals surface area contributed by atoms with Crippen molar-refractivity contribution in [2.75, 3.05) is 32.8 Å². The van der Waals surface area contributed by atoms with Gasteiger partial charge in [-0.2, -0.15) is 0 Å². The number of phenolic OH excluding ortho intramolecular Hbond substituents is 1. The summed E-state index contributed by atoms with van der Waals surface area (Å²) >= 11 is 0. The first-order valence-electron chi connectivity index (χ1n) is 10.4. The lowest BCUT2D eigenvalue weighted by Crippen LogP contribution is -2.67. The number of aliphatic imine (C=N–C) groups is 1. The molecule has 1 atom stereocenters. The first-order chi connectivity index (χ1) is 14.6. The molecule has 0 bridgehead atoms. The van der Waals surface area contributed by atoms with Gasteiger partial charge in [-0.15, -0.1) is 0 Å². The largest absolute Gasteiger partial charge is 0.508 e. The molecular weight excluding hydrogens is 383 g/mol. The van der Waals surface area contributed by atoms with Crippen LogP contribution < -0.4 is 0 Å². The second-order valence-electron chi connectivity index (χ2n) is 8.71. The number of halogens is 1. The van der Waals surface area contributed by atoms with Gasteiger partial charge in [0.15, 0.2) is 11.7 Å². The molecule has 1 N–H and O–H groups in total. The molecule has 1 aromatic heterocycles. The highest BCUT2D eigenvalue weighted by atomic mass is 19.1. The van der Waals surface area contributed by atoms with Crippen molar-refractivity contribution in [1.29, 1.82) is 0 Å². The van der Waals surface area contributed by atoms with Crippen LogP contribution in [-0.2, 0) is 11.3 Å². The molecule has 4 heterocycles. The number of phenols is 1. The monoisotopic (exact) mass is 406 g/mol. The Morgan fingerprint density at radius 3 is 2.63 bits per heavy atom. The van der Waals surface area contributed by atoms with Crippen molar-refractivity contribution in [1.82, 2.24) is 14.5 Å². The summed E-state index contributed by atoms with van der Waals surface area (Å²) in [7, 11) is 0. The van der Waals surface area contributed by atoms with Crippen LogP contribution in [0.4, 0.5) is 4.39 Å². The number of hydrogen-bond donors (Lipinski definition) is 1. The minimum atomic E-state index is -0.197. The van der Waals surface area contributed by atoms with Crippen molar-refractivity contribution in [3.8, 4) is 17.0 Å². The van der Waals surface area contributed by atoms with Crippen LogP contribution in [0.1, 0.15) is 23.9 Å². The Balaban J connectivity index is 1.43. The van der Waals surface area contributed by atoms with Crippen LogP contribution in [0.2, 0.25) is 0 Å². The van der Waals surface area contributed by atoms with E-state index in [0.717, 1.165) is 61.5 Å². The standard InChI is InChI=1S/C23H23FN4O2/c24-17-5-1-15(2-6-17)19-20(16-3-7-18(29)8-4-16)28-10-9-25-21(22(28)26-19)27-11-23(12-27)13-30-14-23/h1,3-8,15,29H,2,9-14H2. The van der Waals surface area contributed by atoms with Gasteiger partial charge in [-0.1, -0.05) is 6.08 Å². The Hall–Kier alpha value is -2.93. The van der Waals surface area contributed by atoms with Crippen molar-refractivity contribution in [3.05, 3.63) is 59.8 Å². The second kappa shape index (κ2) is 6.54. The normalized spacial score (nSPS) is 24.0. The van der Waals surface area contributed by atoms with Gasteiger partial charge in [-0.25, -0.2) is 9.37 Å². The molecule has 2 aromatic rings. The fraction of sp³-hybridized carbons (Fsp3) is 0.391. The SMILES string of the molecule is Oc1ccc(-c2c(C3C=CC(F)=CC3)nc3n2CCN=C3N2CC3(COC3)C2)cc1. The molecule has 2 saturated heterocycles. The van der Waals surface area contributed by atoms with Crippen LogP contribution in [0.5, 0.6) is 5.75 Å². The fourth-order valence-electron chi connectivity index (χ4n) is 4.89. The van der Waals surface area contributed by atoms with Crippen LogP contribution in [0, 0.1) is 5.41 Å². The minimum Gasteiger partial charge on any atom is -0.508 e. The van der Waals surface area contributed by atoms with E-state index in [-0.39, 0.29) is 17.5 Å². The smallest absolute Gasteiger partial charge is 0.176 e. The maximum Gasteiger partial charge on any atom is 0.176 e. The number of hydrogen-bond acceptors (Lipinski definition) is 5. The third-order valence-electron chi connectivity index (χ3n) is 6.49. The number of aromatic hydroxyl groups is 1. The van der Waals surface area contributed by atoms with Crippen molar-refractivity contribution in [2.45, 2.75) is 18.9 Å². The highest BCUT2D eigenvalue weighted by Gasteiger charge is 2.51. The lowest BCUT2D eigenvalue weighted by atomic mass is 9.78. The van der Waals surface area contributed by atoms with Gasteiger partial charge in [0.1, 0.15) is 11.6 Å². The highest BCUT2D eigenvalue weighted by Crippen LogP contribution is 2.41. The molecule has 30 heavy (non-hydrogen) atoms. The zero-order valence-corrected chi connectivity index (χ0v) is 16.6. The molecule has 1 unspecified atom stereocenters. The number of aromatic nitrogens is 2. The van der Waals surface area contributed by atoms with Gasteiger partial charge in [-0.3, -0.25) is 4.99 Å². The Kier molecular flexibility index (Phi) is 3.90. The molecule has 154 valence electrons.